The summed E-state index contributed by atoms with van der Waals surface area (Å²) in [6.45, 7) is 4.70. The number of pyridine rings is 1. The molecule has 2 aromatic rings. The van der Waals surface area contributed by atoms with Gasteiger partial charge in [-0.1, -0.05) is 24.6 Å². The van der Waals surface area contributed by atoms with Crippen molar-refractivity contribution in [3.05, 3.63) is 52.3 Å². The van der Waals surface area contributed by atoms with Crippen LogP contribution in [-0.2, 0) is 28.7 Å². The Balaban J connectivity index is 2.45. The Morgan fingerprint density at radius 3 is 2.59 bits per heavy atom. The zero-order valence-electron chi connectivity index (χ0n) is 15.0. The molecule has 0 fully saturated rings. The summed E-state index contributed by atoms with van der Waals surface area (Å²) in [4.78, 5) is 15.8. The molecule has 0 amide bonds. The fourth-order valence-electron chi connectivity index (χ4n) is 2.59. The number of esters is 1. The molecular formula is C19H20ClF3N2O2. The van der Waals surface area contributed by atoms with Gasteiger partial charge in [-0.2, -0.15) is 13.2 Å². The fourth-order valence-corrected chi connectivity index (χ4v) is 2.76. The molecule has 0 bridgehead atoms. The number of ether oxygens (including phenoxy) is 1. The van der Waals surface area contributed by atoms with Gasteiger partial charge in [0, 0.05) is 23.9 Å². The Hall–Kier alpha value is -2.12. The van der Waals surface area contributed by atoms with Crippen molar-refractivity contribution < 1.29 is 22.7 Å². The molecule has 0 radical (unpaired) electrons. The van der Waals surface area contributed by atoms with Gasteiger partial charge in [-0.25, -0.2) is 4.98 Å². The number of carbonyl (C=O) groups excluding carboxylic acids is 1. The van der Waals surface area contributed by atoms with Crippen molar-refractivity contribution >= 4 is 17.6 Å². The predicted molar refractivity (Wildman–Crippen MR) is 97.4 cm³/mol. The van der Waals surface area contributed by atoms with Gasteiger partial charge in [0.15, 0.2) is 0 Å². The van der Waals surface area contributed by atoms with Crippen molar-refractivity contribution in [3.8, 4) is 11.1 Å². The maximum Gasteiger partial charge on any atom is 0.416 e. The van der Waals surface area contributed by atoms with Crippen molar-refractivity contribution in [2.45, 2.75) is 33.0 Å². The number of aromatic nitrogens is 1. The minimum atomic E-state index is -4.42. The first kappa shape index (κ1) is 21.2. The van der Waals surface area contributed by atoms with Crippen LogP contribution in [0.5, 0.6) is 0 Å². The molecule has 0 spiro atoms. The highest BCUT2D eigenvalue weighted by Gasteiger charge is 2.31. The molecule has 0 aliphatic heterocycles. The summed E-state index contributed by atoms with van der Waals surface area (Å²) in [7, 11) is 0. The van der Waals surface area contributed by atoms with Crippen molar-refractivity contribution in [2.24, 2.45) is 0 Å². The lowest BCUT2D eigenvalue weighted by atomic mass is 9.97. The van der Waals surface area contributed by atoms with E-state index >= 15 is 0 Å². The SMILES string of the molecule is CCNCc1cc(C(F)(F)F)ccc1-c1cnc(Cl)c(CC(=O)OCC)c1. The van der Waals surface area contributed by atoms with Crippen LogP contribution < -0.4 is 5.32 Å². The third-order valence-electron chi connectivity index (χ3n) is 3.86. The fraction of sp³-hybridized carbons (Fsp3) is 0.368. The molecule has 0 aliphatic carbocycles. The van der Waals surface area contributed by atoms with Crippen molar-refractivity contribution in [3.63, 3.8) is 0 Å². The summed E-state index contributed by atoms with van der Waals surface area (Å²) in [5.41, 5.74) is 1.41. The minimum absolute atomic E-state index is 0.0588. The number of carbonyl (C=O) groups is 1. The van der Waals surface area contributed by atoms with Gasteiger partial charge in [-0.05, 0) is 42.8 Å². The lowest BCUT2D eigenvalue weighted by Crippen LogP contribution is -2.14. The van der Waals surface area contributed by atoms with E-state index in [1.54, 1.807) is 13.0 Å². The molecule has 0 atom stereocenters. The first-order chi connectivity index (χ1) is 12.8. The maximum absolute atomic E-state index is 13.1. The molecular weight excluding hydrogens is 381 g/mol. The number of hydrogen-bond acceptors (Lipinski definition) is 4. The molecule has 2 rings (SSSR count). The average molecular weight is 401 g/mol. The number of benzene rings is 1. The zero-order valence-corrected chi connectivity index (χ0v) is 15.7. The second-order valence-electron chi connectivity index (χ2n) is 5.81. The summed E-state index contributed by atoms with van der Waals surface area (Å²) in [5.74, 6) is -0.446. The molecule has 1 heterocycles. The van der Waals surface area contributed by atoms with Crippen LogP contribution in [0.3, 0.4) is 0 Å². The Morgan fingerprint density at radius 2 is 1.96 bits per heavy atom. The largest absolute Gasteiger partial charge is 0.466 e. The van der Waals surface area contributed by atoms with Crippen LogP contribution in [0.1, 0.15) is 30.5 Å². The Labute approximate surface area is 160 Å². The summed E-state index contributed by atoms with van der Waals surface area (Å²) in [6, 6.07) is 5.22. The van der Waals surface area contributed by atoms with Gasteiger partial charge in [0.2, 0.25) is 0 Å². The van der Waals surface area contributed by atoms with E-state index in [1.807, 2.05) is 6.92 Å². The van der Waals surface area contributed by atoms with Gasteiger partial charge >= 0.3 is 12.1 Å². The van der Waals surface area contributed by atoms with Gasteiger partial charge < -0.3 is 10.1 Å². The first-order valence-corrected chi connectivity index (χ1v) is 8.85. The molecule has 0 unspecified atom stereocenters. The number of alkyl halides is 3. The van der Waals surface area contributed by atoms with E-state index in [-0.39, 0.29) is 24.7 Å². The van der Waals surface area contributed by atoms with E-state index in [1.165, 1.54) is 12.3 Å². The topological polar surface area (TPSA) is 51.2 Å². The summed E-state index contributed by atoms with van der Waals surface area (Å²) in [6.07, 6.45) is -3.00. The Bertz CT molecular complexity index is 810. The molecule has 1 aromatic heterocycles. The number of rotatable bonds is 7. The van der Waals surface area contributed by atoms with E-state index in [0.29, 0.717) is 28.8 Å². The molecule has 0 aliphatic rings. The quantitative estimate of drug-likeness (QED) is 0.543. The predicted octanol–water partition coefficient (Wildman–Crippen LogP) is 4.64. The van der Waals surface area contributed by atoms with Crippen LogP contribution in [0.25, 0.3) is 11.1 Å². The smallest absolute Gasteiger partial charge is 0.416 e. The number of nitrogens with zero attached hydrogens (tertiary/aromatic N) is 1. The zero-order chi connectivity index (χ0) is 20.0. The second-order valence-corrected chi connectivity index (χ2v) is 6.16. The van der Waals surface area contributed by atoms with Gasteiger partial charge in [0.25, 0.3) is 0 Å². The van der Waals surface area contributed by atoms with Gasteiger partial charge in [0.1, 0.15) is 5.15 Å². The molecule has 8 heteroatoms. The third-order valence-corrected chi connectivity index (χ3v) is 4.20. The molecule has 0 saturated heterocycles. The van der Waals surface area contributed by atoms with Gasteiger partial charge in [0.05, 0.1) is 18.6 Å². The number of hydrogen-bond donors (Lipinski definition) is 1. The van der Waals surface area contributed by atoms with Crippen LogP contribution in [0, 0.1) is 0 Å². The lowest BCUT2D eigenvalue weighted by molar-refractivity contribution is -0.142. The normalized spacial score (nSPS) is 11.5. The molecule has 27 heavy (non-hydrogen) atoms. The van der Waals surface area contributed by atoms with Crippen LogP contribution in [0.2, 0.25) is 5.15 Å². The highest BCUT2D eigenvalue weighted by Crippen LogP contribution is 2.34. The van der Waals surface area contributed by atoms with Crippen molar-refractivity contribution in [2.75, 3.05) is 13.2 Å². The minimum Gasteiger partial charge on any atom is -0.466 e. The molecule has 1 N–H and O–H groups in total. The monoisotopic (exact) mass is 400 g/mol. The van der Waals surface area contributed by atoms with E-state index in [2.05, 4.69) is 10.3 Å². The van der Waals surface area contributed by atoms with E-state index in [9.17, 15) is 18.0 Å². The van der Waals surface area contributed by atoms with Crippen LogP contribution in [0.15, 0.2) is 30.5 Å². The molecule has 4 nitrogen and oxygen atoms in total. The second kappa shape index (κ2) is 9.19. The highest BCUT2D eigenvalue weighted by molar-refractivity contribution is 6.30. The van der Waals surface area contributed by atoms with Crippen LogP contribution >= 0.6 is 11.6 Å². The maximum atomic E-state index is 13.1. The van der Waals surface area contributed by atoms with E-state index < -0.39 is 17.7 Å². The molecule has 146 valence electrons. The number of nitrogens with one attached hydrogen (secondary N) is 1. The average Bonchev–Trinajstić information content (AvgIpc) is 2.61. The highest BCUT2D eigenvalue weighted by atomic mass is 35.5. The Morgan fingerprint density at radius 1 is 1.22 bits per heavy atom. The van der Waals surface area contributed by atoms with Gasteiger partial charge in [-0.3, -0.25) is 4.79 Å². The molecule has 1 aromatic carbocycles. The summed E-state index contributed by atoms with van der Waals surface area (Å²) in [5, 5.41) is 3.20. The molecule has 0 saturated carbocycles. The van der Waals surface area contributed by atoms with E-state index in [0.717, 1.165) is 12.1 Å². The lowest BCUT2D eigenvalue weighted by Gasteiger charge is -2.15. The summed E-state index contributed by atoms with van der Waals surface area (Å²) < 4.78 is 44.1. The Kier molecular flexibility index (Phi) is 7.21. The van der Waals surface area contributed by atoms with Crippen molar-refractivity contribution in [1.82, 2.24) is 10.3 Å². The van der Waals surface area contributed by atoms with Gasteiger partial charge in [-0.15, -0.1) is 0 Å². The van der Waals surface area contributed by atoms with Crippen LogP contribution in [0.4, 0.5) is 13.2 Å². The van der Waals surface area contributed by atoms with Crippen LogP contribution in [-0.4, -0.2) is 24.1 Å². The van der Waals surface area contributed by atoms with Crippen molar-refractivity contribution in [1.29, 1.82) is 0 Å². The summed E-state index contributed by atoms with van der Waals surface area (Å²) >= 11 is 6.06. The first-order valence-electron chi connectivity index (χ1n) is 8.47. The van der Waals surface area contributed by atoms with E-state index in [4.69, 9.17) is 16.3 Å². The third kappa shape index (κ3) is 5.68. The standard InChI is InChI=1S/C19H20ClF3N2O2/c1-3-24-10-14-8-15(19(21,22)23)5-6-16(14)13-7-12(18(20)25-11-13)9-17(26)27-4-2/h5-8,11,24H,3-4,9-10H2,1-2H3. The number of halogens is 4.